The summed E-state index contributed by atoms with van der Waals surface area (Å²) < 4.78 is 5.80. The van der Waals surface area contributed by atoms with Crippen molar-refractivity contribution in [1.82, 2.24) is 5.32 Å². The minimum Gasteiger partial charge on any atom is -0.356 e. The van der Waals surface area contributed by atoms with E-state index in [4.69, 9.17) is 10.00 Å². The normalized spacial score (nSPS) is 19.2. The summed E-state index contributed by atoms with van der Waals surface area (Å²) in [7, 11) is 0. The van der Waals surface area contributed by atoms with Gasteiger partial charge in [0.25, 0.3) is 0 Å². The maximum Gasteiger partial charge on any atom is 0.134 e. The molecule has 0 saturated carbocycles. The van der Waals surface area contributed by atoms with E-state index in [0.717, 1.165) is 29.7 Å². The topological polar surface area (TPSA) is 45.0 Å². The van der Waals surface area contributed by atoms with Crippen LogP contribution in [-0.4, -0.2) is 12.6 Å². The fraction of sp³-hybridized carbons (Fsp3) is 0.462. The van der Waals surface area contributed by atoms with Gasteiger partial charge in [0.05, 0.1) is 17.7 Å². The number of hydrogen-bond donors (Lipinski definition) is 1. The Labute approximate surface area is 96.0 Å². The van der Waals surface area contributed by atoms with Gasteiger partial charge in [0.1, 0.15) is 6.23 Å². The molecule has 0 fully saturated rings. The molecule has 0 bridgehead atoms. The molecule has 0 amide bonds. The first-order chi connectivity index (χ1) is 7.72. The zero-order chi connectivity index (χ0) is 11.5. The predicted molar refractivity (Wildman–Crippen MR) is 61.8 cm³/mol. The Morgan fingerprint density at radius 1 is 1.50 bits per heavy atom. The molecule has 3 heteroatoms. The van der Waals surface area contributed by atoms with Crippen LogP contribution in [0.25, 0.3) is 0 Å². The molecule has 0 radical (unpaired) electrons. The van der Waals surface area contributed by atoms with Gasteiger partial charge in [0.15, 0.2) is 0 Å². The first kappa shape index (κ1) is 11.1. The Kier molecular flexibility index (Phi) is 3.23. The van der Waals surface area contributed by atoms with Crippen LogP contribution in [0.1, 0.15) is 36.8 Å². The molecule has 1 aliphatic heterocycles. The van der Waals surface area contributed by atoms with E-state index in [1.807, 2.05) is 32.0 Å². The van der Waals surface area contributed by atoms with Gasteiger partial charge in [-0.2, -0.15) is 5.26 Å². The van der Waals surface area contributed by atoms with Crippen LogP contribution in [0.5, 0.6) is 0 Å². The van der Waals surface area contributed by atoms with E-state index in [-0.39, 0.29) is 12.3 Å². The average molecular weight is 216 g/mol. The first-order valence-electron chi connectivity index (χ1n) is 5.63. The predicted octanol–water partition coefficient (Wildman–Crippen LogP) is 2.13. The van der Waals surface area contributed by atoms with Crippen LogP contribution in [0.15, 0.2) is 18.2 Å². The van der Waals surface area contributed by atoms with Crippen LogP contribution in [-0.2, 0) is 11.2 Å². The van der Waals surface area contributed by atoms with Crippen LogP contribution < -0.4 is 5.32 Å². The highest BCUT2D eigenvalue weighted by molar-refractivity contribution is 5.45. The van der Waals surface area contributed by atoms with Gasteiger partial charge in [-0.05, 0) is 37.5 Å². The number of nitriles is 1. The summed E-state index contributed by atoms with van der Waals surface area (Å²) >= 11 is 0. The lowest BCUT2D eigenvalue weighted by Crippen LogP contribution is -2.33. The molecule has 3 nitrogen and oxygen atoms in total. The zero-order valence-corrected chi connectivity index (χ0v) is 9.66. The third-order valence-electron chi connectivity index (χ3n) is 2.73. The number of nitrogens with zero attached hydrogens (tertiary/aromatic N) is 1. The summed E-state index contributed by atoms with van der Waals surface area (Å²) in [4.78, 5) is 0. The molecule has 0 saturated heterocycles. The van der Waals surface area contributed by atoms with E-state index in [9.17, 15) is 0 Å². The highest BCUT2D eigenvalue weighted by Gasteiger charge is 2.22. The van der Waals surface area contributed by atoms with Crippen molar-refractivity contribution >= 4 is 0 Å². The van der Waals surface area contributed by atoms with Gasteiger partial charge < -0.3 is 4.74 Å². The molecule has 1 N–H and O–H groups in total. The molecule has 84 valence electrons. The Balaban J connectivity index is 2.36. The summed E-state index contributed by atoms with van der Waals surface area (Å²) in [5.41, 5.74) is 3.02. The van der Waals surface area contributed by atoms with Crippen LogP contribution in [0, 0.1) is 11.3 Å². The van der Waals surface area contributed by atoms with Gasteiger partial charge in [-0.1, -0.05) is 12.1 Å². The average Bonchev–Trinajstić information content (AvgIpc) is 2.28. The molecular formula is C13H16N2O. The molecule has 0 aromatic heterocycles. The Bertz CT molecular complexity index is 420. The largest absolute Gasteiger partial charge is 0.356 e. The highest BCUT2D eigenvalue weighted by Crippen LogP contribution is 2.27. The highest BCUT2D eigenvalue weighted by atomic mass is 16.5. The number of fused-ring (bicyclic) bond motifs is 1. The van der Waals surface area contributed by atoms with E-state index in [1.54, 1.807) is 0 Å². The zero-order valence-electron chi connectivity index (χ0n) is 9.66. The van der Waals surface area contributed by atoms with E-state index in [1.165, 1.54) is 0 Å². The van der Waals surface area contributed by atoms with E-state index < -0.39 is 0 Å². The molecule has 1 aromatic carbocycles. The van der Waals surface area contributed by atoms with Gasteiger partial charge in [-0.3, -0.25) is 5.32 Å². The minimum atomic E-state index is -0.0722. The fourth-order valence-electron chi connectivity index (χ4n) is 2.07. The second kappa shape index (κ2) is 4.65. The number of rotatable bonds is 2. The SMILES string of the molecule is CC(C)OC1NCCc2c(C#N)cccc21. The van der Waals surface area contributed by atoms with Crippen molar-refractivity contribution in [2.45, 2.75) is 32.6 Å². The van der Waals surface area contributed by atoms with E-state index >= 15 is 0 Å². The molecule has 0 spiro atoms. The van der Waals surface area contributed by atoms with Gasteiger partial charge >= 0.3 is 0 Å². The summed E-state index contributed by atoms with van der Waals surface area (Å²) in [6.45, 7) is 4.90. The van der Waals surface area contributed by atoms with Crippen molar-refractivity contribution in [3.8, 4) is 6.07 Å². The van der Waals surface area contributed by atoms with Crippen LogP contribution in [0.4, 0.5) is 0 Å². The van der Waals surface area contributed by atoms with Crippen molar-refractivity contribution in [2.75, 3.05) is 6.54 Å². The molecule has 1 atom stereocenters. The summed E-state index contributed by atoms with van der Waals surface area (Å²) in [5.74, 6) is 0. The van der Waals surface area contributed by atoms with E-state index in [2.05, 4.69) is 11.4 Å². The van der Waals surface area contributed by atoms with Crippen molar-refractivity contribution in [1.29, 1.82) is 5.26 Å². The maximum absolute atomic E-state index is 9.05. The molecule has 2 rings (SSSR count). The van der Waals surface area contributed by atoms with Crippen LogP contribution in [0.2, 0.25) is 0 Å². The Morgan fingerprint density at radius 3 is 3.00 bits per heavy atom. The lowest BCUT2D eigenvalue weighted by Gasteiger charge is -2.29. The number of nitrogens with one attached hydrogen (secondary N) is 1. The van der Waals surface area contributed by atoms with E-state index in [0.29, 0.717) is 0 Å². The molecule has 1 unspecified atom stereocenters. The molecule has 16 heavy (non-hydrogen) atoms. The van der Waals surface area contributed by atoms with Gasteiger partial charge in [0.2, 0.25) is 0 Å². The molecule has 1 aromatic rings. The summed E-state index contributed by atoms with van der Waals surface area (Å²) in [6.07, 6.45) is 1.00. The molecule has 0 aliphatic carbocycles. The van der Waals surface area contributed by atoms with Crippen molar-refractivity contribution in [3.05, 3.63) is 34.9 Å². The summed E-state index contributed by atoms with van der Waals surface area (Å²) in [6, 6.07) is 8.07. The number of benzene rings is 1. The quantitative estimate of drug-likeness (QED) is 0.823. The Hall–Kier alpha value is -1.37. The van der Waals surface area contributed by atoms with Gasteiger partial charge in [-0.15, -0.1) is 0 Å². The second-order valence-corrected chi connectivity index (χ2v) is 4.25. The molecule has 1 heterocycles. The smallest absolute Gasteiger partial charge is 0.134 e. The van der Waals surface area contributed by atoms with Gasteiger partial charge in [-0.25, -0.2) is 0 Å². The minimum absolute atomic E-state index is 0.0722. The second-order valence-electron chi connectivity index (χ2n) is 4.25. The lowest BCUT2D eigenvalue weighted by molar-refractivity contribution is -0.0172. The molecule has 1 aliphatic rings. The van der Waals surface area contributed by atoms with Crippen molar-refractivity contribution in [3.63, 3.8) is 0 Å². The third kappa shape index (κ3) is 2.08. The lowest BCUT2D eigenvalue weighted by atomic mass is 9.95. The third-order valence-corrected chi connectivity index (χ3v) is 2.73. The monoisotopic (exact) mass is 216 g/mol. The maximum atomic E-state index is 9.05. The van der Waals surface area contributed by atoms with Crippen molar-refractivity contribution in [2.24, 2.45) is 0 Å². The fourth-order valence-corrected chi connectivity index (χ4v) is 2.07. The Morgan fingerprint density at radius 2 is 2.31 bits per heavy atom. The van der Waals surface area contributed by atoms with Gasteiger partial charge in [0, 0.05) is 6.54 Å². The standard InChI is InChI=1S/C13H16N2O/c1-9(2)16-13-12-5-3-4-10(8-14)11(12)6-7-15-13/h3-5,9,13,15H,6-7H2,1-2H3. The number of hydrogen-bond acceptors (Lipinski definition) is 3. The molecular weight excluding hydrogens is 200 g/mol. The number of ether oxygens (including phenoxy) is 1. The van der Waals surface area contributed by atoms with Crippen molar-refractivity contribution < 1.29 is 4.74 Å². The van der Waals surface area contributed by atoms with Crippen LogP contribution >= 0.6 is 0 Å². The van der Waals surface area contributed by atoms with Crippen LogP contribution in [0.3, 0.4) is 0 Å². The first-order valence-corrected chi connectivity index (χ1v) is 5.63. The summed E-state index contributed by atoms with van der Waals surface area (Å²) in [5, 5.41) is 12.4.